The number of ketones is 1. The highest BCUT2D eigenvalue weighted by Gasteiger charge is 2.33. The largest absolute Gasteiger partial charge is 0.299 e. The van der Waals surface area contributed by atoms with E-state index in [1.807, 2.05) is 20.1 Å². The van der Waals surface area contributed by atoms with Crippen LogP contribution in [0.15, 0.2) is 0 Å². The number of Topliss-reactive ketones (excluding diaryl/α,β-unsaturated/α-hetero) is 1. The Hall–Kier alpha value is -0.660. The molecule has 1 radical (unpaired) electrons. The molecule has 2 nitrogen and oxygen atoms in total. The first-order valence-corrected chi connectivity index (χ1v) is 4.53. The van der Waals surface area contributed by atoms with Gasteiger partial charge in [0.1, 0.15) is 5.78 Å². The number of carbonyl (C=O) groups is 1. The molecule has 0 aliphatic heterocycles. The van der Waals surface area contributed by atoms with E-state index in [0.717, 1.165) is 12.8 Å². The van der Waals surface area contributed by atoms with E-state index in [2.05, 4.69) is 0 Å². The lowest BCUT2D eigenvalue weighted by molar-refractivity contribution is -0.123. The molecule has 0 N–H and O–H groups in total. The molecule has 0 saturated heterocycles. The van der Waals surface area contributed by atoms with Gasteiger partial charge in [0.05, 0.1) is 5.41 Å². The van der Waals surface area contributed by atoms with Crippen LogP contribution in [0.3, 0.4) is 0 Å². The molecule has 0 saturated carbocycles. The normalized spacial score (nSPS) is 11.2. The Morgan fingerprint density at radius 3 is 1.83 bits per heavy atom. The summed E-state index contributed by atoms with van der Waals surface area (Å²) < 4.78 is 0. The summed E-state index contributed by atoms with van der Waals surface area (Å²) >= 11 is 0. The first kappa shape index (κ1) is 11.3. The van der Waals surface area contributed by atoms with Crippen LogP contribution in [0.4, 0.5) is 0 Å². The van der Waals surface area contributed by atoms with E-state index in [1.165, 1.54) is 6.92 Å². The van der Waals surface area contributed by atoms with E-state index >= 15 is 0 Å². The van der Waals surface area contributed by atoms with Crippen LogP contribution in [0.5, 0.6) is 0 Å². The zero-order valence-electron chi connectivity index (χ0n) is 8.14. The molecule has 0 bridgehead atoms. The van der Waals surface area contributed by atoms with Crippen molar-refractivity contribution in [3.63, 3.8) is 0 Å². The molecule has 0 aromatic carbocycles. The molecule has 0 heterocycles. The predicted molar refractivity (Wildman–Crippen MR) is 48.6 cm³/mol. The van der Waals surface area contributed by atoms with Crippen molar-refractivity contribution in [1.29, 1.82) is 0 Å². The van der Waals surface area contributed by atoms with Crippen LogP contribution < -0.4 is 0 Å². The molecule has 0 fully saturated rings. The third kappa shape index (κ3) is 2.43. The van der Waals surface area contributed by atoms with Gasteiger partial charge in [-0.05, 0) is 19.8 Å². The molecule has 0 aliphatic carbocycles. The highest BCUT2D eigenvalue weighted by molar-refractivity contribution is 5.96. The summed E-state index contributed by atoms with van der Waals surface area (Å²) in [5, 5.41) is 0. The third-order valence-corrected chi connectivity index (χ3v) is 2.22. The van der Waals surface area contributed by atoms with Crippen molar-refractivity contribution in [2.75, 3.05) is 0 Å². The number of rotatable bonds is 6. The van der Waals surface area contributed by atoms with Crippen LogP contribution in [0.2, 0.25) is 0 Å². The van der Waals surface area contributed by atoms with Gasteiger partial charge in [0.15, 0.2) is 0 Å². The maximum absolute atomic E-state index is 11.2. The van der Waals surface area contributed by atoms with Crippen LogP contribution in [-0.4, -0.2) is 12.1 Å². The number of hydrogen-bond acceptors (Lipinski definition) is 2. The van der Waals surface area contributed by atoms with E-state index in [0.29, 0.717) is 12.8 Å². The highest BCUT2D eigenvalue weighted by Crippen LogP contribution is 2.28. The van der Waals surface area contributed by atoms with Gasteiger partial charge in [-0.1, -0.05) is 26.7 Å². The third-order valence-electron chi connectivity index (χ3n) is 2.22. The van der Waals surface area contributed by atoms with Gasteiger partial charge in [0.25, 0.3) is 0 Å². The Kier molecular flexibility index (Phi) is 4.79. The van der Waals surface area contributed by atoms with E-state index in [1.54, 1.807) is 0 Å². The lowest BCUT2D eigenvalue weighted by Gasteiger charge is -2.22. The summed E-state index contributed by atoms with van der Waals surface area (Å²) in [6.45, 7) is 5.44. The number of carbonyl (C=O) groups excluding carboxylic acids is 2. The summed E-state index contributed by atoms with van der Waals surface area (Å²) in [6.07, 6.45) is 4.91. The van der Waals surface area contributed by atoms with Crippen LogP contribution in [0, 0.1) is 5.41 Å². The Bertz CT molecular complexity index is 155. The monoisotopic (exact) mass is 169 g/mol. The Morgan fingerprint density at radius 2 is 1.67 bits per heavy atom. The molecule has 0 aromatic rings. The molecule has 0 aromatic heterocycles. The fourth-order valence-electron chi connectivity index (χ4n) is 1.50. The van der Waals surface area contributed by atoms with Crippen molar-refractivity contribution in [2.45, 2.75) is 46.5 Å². The Morgan fingerprint density at radius 1 is 1.25 bits per heavy atom. The lowest BCUT2D eigenvalue weighted by atomic mass is 9.77. The summed E-state index contributed by atoms with van der Waals surface area (Å²) in [4.78, 5) is 21.9. The quantitative estimate of drug-likeness (QED) is 0.571. The highest BCUT2D eigenvalue weighted by atomic mass is 16.1. The smallest absolute Gasteiger partial charge is 0.212 e. The van der Waals surface area contributed by atoms with E-state index in [9.17, 15) is 9.59 Å². The Balaban J connectivity index is 4.50. The Labute approximate surface area is 74.3 Å². The first-order valence-electron chi connectivity index (χ1n) is 4.53. The molecule has 12 heavy (non-hydrogen) atoms. The van der Waals surface area contributed by atoms with Gasteiger partial charge in [0.2, 0.25) is 6.29 Å². The van der Waals surface area contributed by atoms with Crippen molar-refractivity contribution in [1.82, 2.24) is 0 Å². The van der Waals surface area contributed by atoms with Crippen molar-refractivity contribution in [2.24, 2.45) is 5.41 Å². The van der Waals surface area contributed by atoms with Crippen LogP contribution in [-0.2, 0) is 9.59 Å². The molecule has 0 unspecified atom stereocenters. The second-order valence-electron chi connectivity index (χ2n) is 3.24. The summed E-state index contributed by atoms with van der Waals surface area (Å²) in [5.41, 5.74) is -0.802. The minimum Gasteiger partial charge on any atom is -0.299 e. The minimum atomic E-state index is -0.802. The predicted octanol–water partition coefficient (Wildman–Crippen LogP) is 2.27. The van der Waals surface area contributed by atoms with Gasteiger partial charge in [0, 0.05) is 0 Å². The zero-order chi connectivity index (χ0) is 9.61. The topological polar surface area (TPSA) is 34.1 Å². The van der Waals surface area contributed by atoms with Gasteiger partial charge in [-0.3, -0.25) is 9.59 Å². The molecule has 0 rings (SSSR count). The van der Waals surface area contributed by atoms with Gasteiger partial charge in [-0.2, -0.15) is 0 Å². The minimum absolute atomic E-state index is 0.0406. The van der Waals surface area contributed by atoms with Crippen LogP contribution >= 0.6 is 0 Å². The molecule has 0 aliphatic rings. The van der Waals surface area contributed by atoms with Crippen molar-refractivity contribution >= 4 is 12.1 Å². The SMILES string of the molecule is CCCC([C]=O)(CCC)C(C)=O. The van der Waals surface area contributed by atoms with Crippen molar-refractivity contribution < 1.29 is 9.59 Å². The van der Waals surface area contributed by atoms with E-state index in [4.69, 9.17) is 0 Å². The molecular weight excluding hydrogens is 152 g/mol. The van der Waals surface area contributed by atoms with Crippen molar-refractivity contribution in [3.8, 4) is 0 Å². The summed E-state index contributed by atoms with van der Waals surface area (Å²) in [7, 11) is 0. The zero-order valence-corrected chi connectivity index (χ0v) is 8.14. The first-order chi connectivity index (χ1) is 5.63. The average Bonchev–Trinajstić information content (AvgIpc) is 2.03. The maximum Gasteiger partial charge on any atom is 0.212 e. The molecular formula is C10H17O2. The second kappa shape index (κ2) is 5.07. The second-order valence-corrected chi connectivity index (χ2v) is 3.24. The summed E-state index contributed by atoms with van der Waals surface area (Å²) in [5.74, 6) is -0.0406. The van der Waals surface area contributed by atoms with Gasteiger partial charge >= 0.3 is 0 Å². The van der Waals surface area contributed by atoms with Gasteiger partial charge in [-0.15, -0.1) is 0 Å². The fourth-order valence-corrected chi connectivity index (χ4v) is 1.50. The van der Waals surface area contributed by atoms with E-state index in [-0.39, 0.29) is 5.78 Å². The average molecular weight is 169 g/mol. The van der Waals surface area contributed by atoms with E-state index < -0.39 is 5.41 Å². The standard InChI is InChI=1S/C10H17O2/c1-4-6-10(8-11,7-5-2)9(3)12/h4-7H2,1-3H3. The van der Waals surface area contributed by atoms with Gasteiger partial charge < -0.3 is 0 Å². The van der Waals surface area contributed by atoms with Gasteiger partial charge in [-0.25, -0.2) is 0 Å². The van der Waals surface area contributed by atoms with Crippen LogP contribution in [0.25, 0.3) is 0 Å². The molecule has 0 spiro atoms. The van der Waals surface area contributed by atoms with Crippen molar-refractivity contribution in [3.05, 3.63) is 0 Å². The molecule has 0 amide bonds. The molecule has 0 atom stereocenters. The number of hydrogen-bond donors (Lipinski definition) is 0. The summed E-state index contributed by atoms with van der Waals surface area (Å²) in [6, 6.07) is 0. The van der Waals surface area contributed by atoms with Crippen LogP contribution in [0.1, 0.15) is 46.5 Å². The molecule has 2 heteroatoms. The molecule has 69 valence electrons. The lowest BCUT2D eigenvalue weighted by Crippen LogP contribution is -2.30. The maximum atomic E-state index is 11.2. The fraction of sp³-hybridized carbons (Fsp3) is 0.800.